The summed E-state index contributed by atoms with van der Waals surface area (Å²) in [4.78, 5) is 36.6. The normalized spacial score (nSPS) is 12.7. The Morgan fingerprint density at radius 3 is 0.841 bits per heavy atom. The molecule has 0 aliphatic rings. The lowest BCUT2D eigenvalue weighted by molar-refractivity contribution is -0.127. The molecule has 0 aliphatic heterocycles. The van der Waals surface area contributed by atoms with E-state index >= 15 is 0 Å². The van der Waals surface area contributed by atoms with Gasteiger partial charge < -0.3 is 76.1 Å². The molecule has 0 unspecified atom stereocenters. The van der Waals surface area contributed by atoms with Crippen LogP contribution in [0.15, 0.2) is 0 Å². The van der Waals surface area contributed by atoms with Crippen LogP contribution in [0.2, 0.25) is 0 Å². The third kappa shape index (κ3) is 14.8. The fourth-order valence-electron chi connectivity index (χ4n) is 3.46. The monoisotopic (exact) mass is 645 g/mol. The zero-order valence-corrected chi connectivity index (χ0v) is 25.2. The predicted molar refractivity (Wildman–Crippen MR) is 151 cm³/mol. The highest BCUT2D eigenvalue weighted by Crippen LogP contribution is 2.19. The first kappa shape index (κ1) is 41.9. The smallest absolute Gasteiger partial charge is 0.222 e. The third-order valence-electron chi connectivity index (χ3n) is 6.71. The molecule has 0 atom stereocenters. The lowest BCUT2D eigenvalue weighted by Gasteiger charge is -2.31. The number of carbonyl (C=O) groups excluding carboxylic acids is 3. The van der Waals surface area contributed by atoms with Gasteiger partial charge in [0.25, 0.3) is 0 Å². The number of nitrogens with one attached hydrogen (secondary N) is 3. The van der Waals surface area contributed by atoms with Gasteiger partial charge in [0, 0.05) is 24.7 Å². The molecule has 0 heterocycles. The summed E-state index contributed by atoms with van der Waals surface area (Å²) in [6, 6.07) is 0. The van der Waals surface area contributed by atoms with Crippen LogP contribution >= 0.6 is 0 Å². The second kappa shape index (κ2) is 21.6. The fraction of sp³-hybridized carbons (Fsp3) is 0.885. The highest BCUT2D eigenvalue weighted by atomic mass is 16.5. The Labute approximate surface area is 255 Å². The highest BCUT2D eigenvalue weighted by molar-refractivity contribution is 5.77. The first-order chi connectivity index (χ1) is 20.8. The maximum absolute atomic E-state index is 12.2. The molecule has 0 aromatic carbocycles. The van der Waals surface area contributed by atoms with Gasteiger partial charge >= 0.3 is 0 Å². The van der Waals surface area contributed by atoms with Crippen LogP contribution in [0.4, 0.5) is 0 Å². The number of hydrogen-bond donors (Lipinski definition) is 12. The van der Waals surface area contributed by atoms with Crippen LogP contribution in [0, 0.1) is 5.41 Å². The largest absolute Gasteiger partial charge is 0.394 e. The molecular weight excluding hydrogens is 594 g/mol. The Kier molecular flexibility index (Phi) is 20.6. The Morgan fingerprint density at radius 1 is 0.455 bits per heavy atom. The van der Waals surface area contributed by atoms with Crippen LogP contribution in [0.5, 0.6) is 0 Å². The van der Waals surface area contributed by atoms with Gasteiger partial charge in [0.2, 0.25) is 17.7 Å². The molecule has 18 nitrogen and oxygen atoms in total. The molecule has 260 valence electrons. The van der Waals surface area contributed by atoms with Gasteiger partial charge in [-0.1, -0.05) is 6.92 Å². The van der Waals surface area contributed by atoms with Crippen LogP contribution in [-0.2, 0) is 28.6 Å². The summed E-state index contributed by atoms with van der Waals surface area (Å²) in [7, 11) is 0. The zero-order chi connectivity index (χ0) is 33.7. The van der Waals surface area contributed by atoms with E-state index in [1.54, 1.807) is 6.92 Å². The molecule has 44 heavy (non-hydrogen) atoms. The lowest BCUT2D eigenvalue weighted by Crippen LogP contribution is -2.57. The summed E-state index contributed by atoms with van der Waals surface area (Å²) in [6.45, 7) is -4.78. The van der Waals surface area contributed by atoms with Gasteiger partial charge in [0.05, 0.1) is 99.1 Å². The minimum absolute atomic E-state index is 0.0187. The molecule has 0 bridgehead atoms. The maximum atomic E-state index is 12.2. The van der Waals surface area contributed by atoms with Crippen molar-refractivity contribution < 1.29 is 74.6 Å². The van der Waals surface area contributed by atoms with Crippen LogP contribution < -0.4 is 16.0 Å². The van der Waals surface area contributed by atoms with Crippen molar-refractivity contribution in [2.24, 2.45) is 5.41 Å². The van der Waals surface area contributed by atoms with Gasteiger partial charge in [-0.05, 0) is 0 Å². The molecule has 0 spiro atoms. The van der Waals surface area contributed by atoms with Crippen molar-refractivity contribution in [3.63, 3.8) is 0 Å². The van der Waals surface area contributed by atoms with Gasteiger partial charge in [0.15, 0.2) is 0 Å². The average Bonchev–Trinajstić information content (AvgIpc) is 3.04. The van der Waals surface area contributed by atoms with Crippen LogP contribution in [0.25, 0.3) is 0 Å². The van der Waals surface area contributed by atoms with Crippen molar-refractivity contribution >= 4 is 17.7 Å². The minimum atomic E-state index is -1.58. The number of aliphatic hydroxyl groups excluding tert-OH is 9. The van der Waals surface area contributed by atoms with E-state index in [1.165, 1.54) is 0 Å². The van der Waals surface area contributed by atoms with Gasteiger partial charge in [-0.2, -0.15) is 0 Å². The van der Waals surface area contributed by atoms with E-state index in [0.717, 1.165) is 0 Å². The predicted octanol–water partition coefficient (Wildman–Crippen LogP) is -6.29. The van der Waals surface area contributed by atoms with Crippen molar-refractivity contribution in [3.8, 4) is 0 Å². The van der Waals surface area contributed by atoms with E-state index in [0.29, 0.717) is 0 Å². The topological polar surface area (TPSA) is 297 Å². The first-order valence-corrected chi connectivity index (χ1v) is 14.0. The molecule has 0 saturated carbocycles. The number of rotatable bonds is 27. The number of ether oxygens (including phenoxy) is 3. The molecule has 3 amide bonds. The molecule has 0 fully saturated rings. The summed E-state index contributed by atoms with van der Waals surface area (Å²) in [5.74, 6) is -1.78. The van der Waals surface area contributed by atoms with Gasteiger partial charge in [-0.25, -0.2) is 0 Å². The SMILES string of the molecule is CC(COCCC(=O)NC(CO)(CO)CO)(COCCC(=O)NC(CO)(CO)CO)COCCC(=O)NC(CO)(CO)CO. The maximum Gasteiger partial charge on any atom is 0.222 e. The van der Waals surface area contributed by atoms with Crippen molar-refractivity contribution in [1.82, 2.24) is 16.0 Å². The van der Waals surface area contributed by atoms with Gasteiger partial charge in [-0.3, -0.25) is 14.4 Å². The van der Waals surface area contributed by atoms with Crippen molar-refractivity contribution in [3.05, 3.63) is 0 Å². The second-order valence-electron chi connectivity index (χ2n) is 11.1. The molecule has 18 heteroatoms. The molecule has 0 aliphatic carbocycles. The quantitative estimate of drug-likeness (QED) is 0.0370. The van der Waals surface area contributed by atoms with E-state index in [1.807, 2.05) is 0 Å². The summed E-state index contributed by atoms with van der Waals surface area (Å²) in [6.07, 6.45) is -0.528. The zero-order valence-electron chi connectivity index (χ0n) is 25.2. The minimum Gasteiger partial charge on any atom is -0.394 e. The average molecular weight is 646 g/mol. The number of amides is 3. The standard InChI is InChI=1S/C26H51N3O15/c1-23(17-42-5-2-20(39)27-24(8-30,9-31)10-32,18-43-6-3-21(40)28-25(11-33,12-34)13-35)19-44-7-4-22(41)29-26(14-36,15-37)16-38/h30-38H,2-19H2,1H3,(H,27,39)(H,28,40)(H,29,41). The molecular formula is C26H51N3O15. The van der Waals surface area contributed by atoms with Crippen LogP contribution in [0.3, 0.4) is 0 Å². The van der Waals surface area contributed by atoms with Gasteiger partial charge in [0.1, 0.15) is 16.6 Å². The van der Waals surface area contributed by atoms with E-state index in [2.05, 4.69) is 16.0 Å². The molecule has 0 radical (unpaired) electrons. The summed E-state index contributed by atoms with van der Waals surface area (Å²) >= 11 is 0. The van der Waals surface area contributed by atoms with E-state index in [4.69, 9.17) is 14.2 Å². The van der Waals surface area contributed by atoms with Crippen LogP contribution in [0.1, 0.15) is 26.2 Å². The van der Waals surface area contributed by atoms with E-state index < -0.39 is 99.2 Å². The van der Waals surface area contributed by atoms with Crippen molar-refractivity contribution in [1.29, 1.82) is 0 Å². The lowest BCUT2D eigenvalue weighted by atomic mass is 9.94. The van der Waals surface area contributed by atoms with Crippen LogP contribution in [-0.4, -0.2) is 179 Å². The first-order valence-electron chi connectivity index (χ1n) is 14.0. The Bertz CT molecular complexity index is 693. The molecule has 0 rings (SSSR count). The Hall–Kier alpha value is -2.07. The highest BCUT2D eigenvalue weighted by Gasteiger charge is 2.32. The number of hydrogen-bond acceptors (Lipinski definition) is 15. The number of aliphatic hydroxyl groups is 9. The second-order valence-corrected chi connectivity index (χ2v) is 11.1. The third-order valence-corrected chi connectivity index (χ3v) is 6.71. The Balaban J connectivity index is 5.07. The van der Waals surface area contributed by atoms with E-state index in [-0.39, 0.29) is 58.9 Å². The summed E-state index contributed by atoms with van der Waals surface area (Å²) in [5.41, 5.74) is -5.61. The Morgan fingerprint density at radius 2 is 0.659 bits per heavy atom. The molecule has 0 aromatic rings. The number of carbonyl (C=O) groups is 3. The van der Waals surface area contributed by atoms with E-state index in [9.17, 15) is 60.3 Å². The van der Waals surface area contributed by atoms with Gasteiger partial charge in [-0.15, -0.1) is 0 Å². The summed E-state index contributed by atoms with van der Waals surface area (Å²) in [5, 5.41) is 91.2. The van der Waals surface area contributed by atoms with Crippen molar-refractivity contribution in [2.75, 3.05) is 99.1 Å². The fourth-order valence-corrected chi connectivity index (χ4v) is 3.46. The molecule has 0 saturated heterocycles. The summed E-state index contributed by atoms with van der Waals surface area (Å²) < 4.78 is 16.9. The van der Waals surface area contributed by atoms with Crippen molar-refractivity contribution in [2.45, 2.75) is 42.8 Å². The molecule has 12 N–H and O–H groups in total. The molecule has 0 aromatic heterocycles.